The zero-order valence-corrected chi connectivity index (χ0v) is 19.3. The second kappa shape index (κ2) is 8.00. The number of aromatic nitrogens is 1. The van der Waals surface area contributed by atoms with Gasteiger partial charge < -0.3 is 15.8 Å². The average molecular weight is 499 g/mol. The maximum Gasteiger partial charge on any atom is 0.274 e. The summed E-state index contributed by atoms with van der Waals surface area (Å²) in [4.78, 5) is 20.8. The number of sulfone groups is 1. The zero-order chi connectivity index (χ0) is 24.2. The van der Waals surface area contributed by atoms with E-state index in [2.05, 4.69) is 15.3 Å². The first-order valence-corrected chi connectivity index (χ1v) is 11.9. The van der Waals surface area contributed by atoms with Crippen molar-refractivity contribution in [1.29, 1.82) is 0 Å². The number of nitrogens with one attached hydrogen (secondary N) is 1. The molecule has 176 valence electrons. The summed E-state index contributed by atoms with van der Waals surface area (Å²) in [5.41, 5.74) is 4.26. The lowest BCUT2D eigenvalue weighted by Gasteiger charge is -2.42. The fourth-order valence-corrected chi connectivity index (χ4v) is 6.53. The number of nitrogens with two attached hydrogens (primary N) is 1. The molecule has 2 aromatic rings. The van der Waals surface area contributed by atoms with Gasteiger partial charge in [0, 0.05) is 17.4 Å². The number of hydrogen-bond donors (Lipinski definition) is 2. The van der Waals surface area contributed by atoms with E-state index in [0.717, 1.165) is 6.07 Å². The van der Waals surface area contributed by atoms with Gasteiger partial charge in [0.1, 0.15) is 45.7 Å². The van der Waals surface area contributed by atoms with Crippen molar-refractivity contribution in [1.82, 2.24) is 4.98 Å². The quantitative estimate of drug-likeness (QED) is 0.668. The molecular weight excluding hydrogens is 478 g/mol. The molecule has 0 bridgehead atoms. The number of benzene rings is 1. The Bertz CT molecular complexity index is 1250. The van der Waals surface area contributed by atoms with E-state index in [4.69, 9.17) is 22.1 Å². The Labute approximate surface area is 194 Å². The molecule has 1 amide bonds. The summed E-state index contributed by atoms with van der Waals surface area (Å²) >= 11 is 5.78. The Kier molecular flexibility index (Phi) is 5.70. The number of pyridine rings is 1. The summed E-state index contributed by atoms with van der Waals surface area (Å²) in [6, 6.07) is 6.52. The van der Waals surface area contributed by atoms with E-state index in [9.17, 15) is 17.6 Å². The highest BCUT2D eigenvalue weighted by atomic mass is 35.5. The molecule has 4 rings (SSSR count). The smallest absolute Gasteiger partial charge is 0.274 e. The molecule has 0 spiro atoms. The number of fused-ring (bicyclic) bond motifs is 1. The number of anilines is 1. The lowest BCUT2D eigenvalue weighted by molar-refractivity contribution is 0.0848. The fraction of sp³-hybridized carbons (Fsp3) is 0.381. The van der Waals surface area contributed by atoms with Gasteiger partial charge in [0.2, 0.25) is 0 Å². The molecule has 1 aromatic carbocycles. The highest BCUT2D eigenvalue weighted by molar-refractivity contribution is 7.94. The lowest BCUT2D eigenvalue weighted by Crippen LogP contribution is -2.62. The van der Waals surface area contributed by atoms with Crippen LogP contribution in [0.3, 0.4) is 0 Å². The third-order valence-corrected chi connectivity index (χ3v) is 9.33. The molecule has 1 saturated heterocycles. The number of amidine groups is 1. The van der Waals surface area contributed by atoms with E-state index in [-0.39, 0.29) is 22.8 Å². The van der Waals surface area contributed by atoms with Gasteiger partial charge in [0.25, 0.3) is 5.91 Å². The van der Waals surface area contributed by atoms with Crippen LogP contribution in [0.2, 0.25) is 5.02 Å². The molecule has 1 aromatic heterocycles. The summed E-state index contributed by atoms with van der Waals surface area (Å²) in [5.74, 6) is -1.62. The van der Waals surface area contributed by atoms with E-state index >= 15 is 4.39 Å². The number of hydrogen-bond acceptors (Lipinski definition) is 7. The van der Waals surface area contributed by atoms with Gasteiger partial charge in [-0.25, -0.2) is 22.2 Å². The van der Waals surface area contributed by atoms with Gasteiger partial charge in [0.15, 0.2) is 9.84 Å². The number of rotatable bonds is 4. The molecule has 2 aliphatic heterocycles. The summed E-state index contributed by atoms with van der Waals surface area (Å²) in [7, 11) is -4.15. The number of aliphatic imine (C=N–C) groups is 1. The van der Waals surface area contributed by atoms with E-state index in [1.54, 1.807) is 0 Å². The van der Waals surface area contributed by atoms with Crippen LogP contribution in [0.4, 0.5) is 14.5 Å². The summed E-state index contributed by atoms with van der Waals surface area (Å²) in [6.07, 6.45) is -0.0445. The van der Waals surface area contributed by atoms with Crippen LogP contribution in [0, 0.1) is 5.82 Å². The topological polar surface area (TPSA) is 124 Å². The van der Waals surface area contributed by atoms with Crippen molar-refractivity contribution in [2.45, 2.75) is 35.5 Å². The molecule has 8 nitrogen and oxygen atoms in total. The maximum absolute atomic E-state index is 15.1. The Morgan fingerprint density at radius 2 is 2.06 bits per heavy atom. The SMILES string of the molecule is CC1(C)C(N)=N[C@@]2(c3cc(NC(=O)c4ccc(Cl)cn4)ccc3F)COC(CF)[C@H]2S1(=O)=O. The molecule has 0 aliphatic carbocycles. The van der Waals surface area contributed by atoms with E-state index in [1.807, 2.05) is 0 Å². The standard InChI is InChI=1S/C21H21ClF2N4O4S/c1-20(2)19(25)28-21(10-32-16(8-23)17(21)33(20,30)31)13-7-12(4-5-14(13)24)27-18(29)15-6-3-11(22)9-26-15/h3-7,9,16-17H,8,10H2,1-2H3,(H2,25,28)(H,27,29)/t16?,17-,21-/m1/s1. The molecule has 1 fully saturated rings. The van der Waals surface area contributed by atoms with Crippen LogP contribution >= 0.6 is 11.6 Å². The van der Waals surface area contributed by atoms with Crippen molar-refractivity contribution in [2.75, 3.05) is 18.6 Å². The van der Waals surface area contributed by atoms with E-state index in [0.29, 0.717) is 5.02 Å². The van der Waals surface area contributed by atoms with Gasteiger partial charge in [0.05, 0.1) is 11.6 Å². The largest absolute Gasteiger partial charge is 0.386 e. The predicted molar refractivity (Wildman–Crippen MR) is 119 cm³/mol. The number of ether oxygens (including phenoxy) is 1. The molecule has 3 N–H and O–H groups in total. The molecule has 3 atom stereocenters. The average Bonchev–Trinajstić information content (AvgIpc) is 3.14. The van der Waals surface area contributed by atoms with Crippen LogP contribution in [0.25, 0.3) is 0 Å². The normalized spacial score (nSPS) is 27.5. The van der Waals surface area contributed by atoms with Crippen molar-refractivity contribution >= 4 is 38.9 Å². The Balaban J connectivity index is 1.81. The molecule has 12 heteroatoms. The highest BCUT2D eigenvalue weighted by Gasteiger charge is 2.65. The molecule has 2 aliphatic rings. The minimum atomic E-state index is -4.15. The van der Waals surface area contributed by atoms with Gasteiger partial charge >= 0.3 is 0 Å². The number of amides is 1. The van der Waals surface area contributed by atoms with Crippen LogP contribution < -0.4 is 11.1 Å². The number of nitrogens with zero attached hydrogens (tertiary/aromatic N) is 2. The van der Waals surface area contributed by atoms with Gasteiger partial charge in [-0.15, -0.1) is 0 Å². The predicted octanol–water partition coefficient (Wildman–Crippen LogP) is 2.62. The third kappa shape index (κ3) is 3.58. The van der Waals surface area contributed by atoms with Crippen molar-refractivity contribution in [3.63, 3.8) is 0 Å². The Morgan fingerprint density at radius 3 is 2.70 bits per heavy atom. The van der Waals surface area contributed by atoms with Crippen LogP contribution in [-0.2, 0) is 20.1 Å². The molecule has 33 heavy (non-hydrogen) atoms. The van der Waals surface area contributed by atoms with Crippen LogP contribution in [-0.4, -0.2) is 54.5 Å². The third-order valence-electron chi connectivity index (χ3n) is 6.11. The molecule has 3 heterocycles. The first kappa shape index (κ1) is 23.5. The van der Waals surface area contributed by atoms with Crippen molar-refractivity contribution in [3.05, 3.63) is 58.6 Å². The van der Waals surface area contributed by atoms with E-state index < -0.39 is 56.5 Å². The first-order chi connectivity index (χ1) is 15.4. The zero-order valence-electron chi connectivity index (χ0n) is 17.7. The molecule has 0 saturated carbocycles. The van der Waals surface area contributed by atoms with Crippen molar-refractivity contribution < 1.29 is 26.7 Å². The molecule has 1 unspecified atom stereocenters. The van der Waals surface area contributed by atoms with Crippen LogP contribution in [0.15, 0.2) is 41.5 Å². The summed E-state index contributed by atoms with van der Waals surface area (Å²) in [6.45, 7) is 1.24. The number of carbonyl (C=O) groups is 1. The molecule has 0 radical (unpaired) electrons. The minimum Gasteiger partial charge on any atom is -0.386 e. The van der Waals surface area contributed by atoms with Crippen molar-refractivity contribution in [3.8, 4) is 0 Å². The number of carbonyl (C=O) groups excluding carboxylic acids is 1. The first-order valence-electron chi connectivity index (χ1n) is 9.94. The van der Waals surface area contributed by atoms with Crippen LogP contribution in [0.5, 0.6) is 0 Å². The monoisotopic (exact) mass is 498 g/mol. The fourth-order valence-electron chi connectivity index (χ4n) is 4.13. The minimum absolute atomic E-state index is 0.0623. The summed E-state index contributed by atoms with van der Waals surface area (Å²) < 4.78 is 59.6. The van der Waals surface area contributed by atoms with Gasteiger partial charge in [-0.1, -0.05) is 11.6 Å². The highest BCUT2D eigenvalue weighted by Crippen LogP contribution is 2.49. The van der Waals surface area contributed by atoms with Crippen molar-refractivity contribution in [2.24, 2.45) is 10.7 Å². The number of alkyl halides is 1. The Morgan fingerprint density at radius 1 is 1.33 bits per heavy atom. The van der Waals surface area contributed by atoms with E-state index in [1.165, 1.54) is 44.3 Å². The second-order valence-corrected chi connectivity index (χ2v) is 11.5. The number of halogens is 3. The molecular formula is C21H21ClF2N4O4S. The Hall–Kier alpha value is -2.63. The lowest BCUT2D eigenvalue weighted by atomic mass is 9.86. The van der Waals surface area contributed by atoms with Gasteiger partial charge in [-0.3, -0.25) is 9.79 Å². The summed E-state index contributed by atoms with van der Waals surface area (Å²) in [5, 5.41) is 1.42. The van der Waals surface area contributed by atoms with Crippen LogP contribution in [0.1, 0.15) is 29.9 Å². The second-order valence-electron chi connectivity index (χ2n) is 8.41. The van der Waals surface area contributed by atoms with Gasteiger partial charge in [-0.05, 0) is 44.2 Å². The van der Waals surface area contributed by atoms with Gasteiger partial charge in [-0.2, -0.15) is 0 Å². The maximum atomic E-state index is 15.1.